The molecule has 0 aliphatic rings. The average Bonchev–Trinajstić information content (AvgIpc) is 2.64. The van der Waals surface area contributed by atoms with Gasteiger partial charge in [0.05, 0.1) is 5.75 Å². The topological polar surface area (TPSA) is 97.3 Å². The molecule has 0 aromatic carbocycles. The second-order valence-corrected chi connectivity index (χ2v) is 5.28. The van der Waals surface area contributed by atoms with Crippen LogP contribution in [0.1, 0.15) is 19.4 Å². The van der Waals surface area contributed by atoms with Gasteiger partial charge in [-0.05, 0) is 34.0 Å². The van der Waals surface area contributed by atoms with Crippen LogP contribution < -0.4 is 5.73 Å². The summed E-state index contributed by atoms with van der Waals surface area (Å²) in [6.07, 6.45) is 0.899. The van der Waals surface area contributed by atoms with E-state index < -0.39 is 5.97 Å². The number of rotatable bonds is 7. The summed E-state index contributed by atoms with van der Waals surface area (Å²) in [7, 11) is 4.00. The van der Waals surface area contributed by atoms with Gasteiger partial charge < -0.3 is 15.7 Å². The molecule has 0 bridgehead atoms. The maximum absolute atomic E-state index is 10.6. The van der Waals surface area contributed by atoms with Gasteiger partial charge in [-0.1, -0.05) is 11.8 Å². The number of thioether (sulfide) groups is 1. The molecule has 3 N–H and O–H groups in total. The van der Waals surface area contributed by atoms with Gasteiger partial charge in [-0.3, -0.25) is 9.36 Å². The largest absolute Gasteiger partial charge is 0.481 e. The summed E-state index contributed by atoms with van der Waals surface area (Å²) in [4.78, 5) is 12.6. The number of hydrogen-bond acceptors (Lipinski definition) is 6. The minimum Gasteiger partial charge on any atom is -0.481 e. The third-order valence-corrected chi connectivity index (χ3v) is 3.38. The fourth-order valence-electron chi connectivity index (χ4n) is 1.50. The molecule has 0 radical (unpaired) electrons. The average molecular weight is 273 g/mol. The van der Waals surface area contributed by atoms with Crippen molar-refractivity contribution in [2.24, 2.45) is 0 Å². The molecule has 8 heteroatoms. The Morgan fingerprint density at radius 1 is 1.56 bits per heavy atom. The second kappa shape index (κ2) is 6.60. The smallest absolute Gasteiger partial charge is 0.313 e. The normalized spacial score (nSPS) is 12.9. The van der Waals surface area contributed by atoms with Crippen molar-refractivity contribution < 1.29 is 9.90 Å². The summed E-state index contributed by atoms with van der Waals surface area (Å²) in [6, 6.07) is 0.138. The highest BCUT2D eigenvalue weighted by atomic mass is 32.2. The summed E-state index contributed by atoms with van der Waals surface area (Å²) in [5.41, 5.74) is 5.77. The van der Waals surface area contributed by atoms with Gasteiger partial charge in [0.1, 0.15) is 0 Å². The molecule has 7 nitrogen and oxygen atoms in total. The van der Waals surface area contributed by atoms with Gasteiger partial charge in [-0.15, -0.1) is 10.2 Å². The van der Waals surface area contributed by atoms with Crippen molar-refractivity contribution in [3.63, 3.8) is 0 Å². The fraction of sp³-hybridized carbons (Fsp3) is 0.700. The molecule has 1 atom stereocenters. The molecule has 0 saturated carbocycles. The van der Waals surface area contributed by atoms with Gasteiger partial charge >= 0.3 is 5.97 Å². The lowest BCUT2D eigenvalue weighted by Crippen LogP contribution is -2.19. The number of hydrogen-bond donors (Lipinski definition) is 2. The molecule has 1 unspecified atom stereocenters. The van der Waals surface area contributed by atoms with Gasteiger partial charge in [-0.2, -0.15) is 0 Å². The van der Waals surface area contributed by atoms with Crippen LogP contribution >= 0.6 is 11.8 Å². The fourth-order valence-corrected chi connectivity index (χ4v) is 2.27. The molecule has 0 saturated heterocycles. The summed E-state index contributed by atoms with van der Waals surface area (Å²) >= 11 is 1.13. The zero-order valence-electron chi connectivity index (χ0n) is 10.8. The highest BCUT2D eigenvalue weighted by Gasteiger charge is 2.16. The Bertz CT molecular complexity index is 407. The number of nitrogen functional groups attached to an aromatic ring is 1. The first-order valence-electron chi connectivity index (χ1n) is 5.61. The Balaban J connectivity index is 2.73. The Morgan fingerprint density at radius 3 is 2.78 bits per heavy atom. The molecule has 1 heterocycles. The molecule has 1 aromatic heterocycles. The van der Waals surface area contributed by atoms with Crippen LogP contribution in [0.15, 0.2) is 5.16 Å². The Kier molecular flexibility index (Phi) is 5.42. The third kappa shape index (κ3) is 4.19. The number of nitrogens with two attached hydrogens (primary N) is 1. The summed E-state index contributed by atoms with van der Waals surface area (Å²) in [6.45, 7) is 2.94. The van der Waals surface area contributed by atoms with Crippen molar-refractivity contribution in [1.82, 2.24) is 19.7 Å². The van der Waals surface area contributed by atoms with Gasteiger partial charge in [0.15, 0.2) is 5.16 Å². The van der Waals surface area contributed by atoms with E-state index in [1.165, 1.54) is 0 Å². The Hall–Kier alpha value is -1.28. The predicted octanol–water partition coefficient (Wildman–Crippen LogP) is 0.550. The zero-order valence-corrected chi connectivity index (χ0v) is 11.6. The van der Waals surface area contributed by atoms with E-state index in [1.54, 1.807) is 4.57 Å². The quantitative estimate of drug-likeness (QED) is 0.700. The van der Waals surface area contributed by atoms with Crippen molar-refractivity contribution in [3.8, 4) is 0 Å². The van der Waals surface area contributed by atoms with Crippen LogP contribution in [0.5, 0.6) is 0 Å². The van der Waals surface area contributed by atoms with E-state index in [4.69, 9.17) is 10.8 Å². The minimum absolute atomic E-state index is 0.0431. The molecular weight excluding hydrogens is 254 g/mol. The molecule has 1 rings (SSSR count). The minimum atomic E-state index is -0.880. The van der Waals surface area contributed by atoms with E-state index in [9.17, 15) is 4.79 Å². The first-order chi connectivity index (χ1) is 8.41. The van der Waals surface area contributed by atoms with Crippen molar-refractivity contribution in [1.29, 1.82) is 0 Å². The van der Waals surface area contributed by atoms with Crippen molar-refractivity contribution in [3.05, 3.63) is 0 Å². The highest BCUT2D eigenvalue weighted by Crippen LogP contribution is 2.24. The van der Waals surface area contributed by atoms with Gasteiger partial charge in [0.2, 0.25) is 5.95 Å². The van der Waals surface area contributed by atoms with E-state index in [1.807, 2.05) is 21.0 Å². The lowest BCUT2D eigenvalue weighted by molar-refractivity contribution is -0.133. The van der Waals surface area contributed by atoms with Gasteiger partial charge in [-0.25, -0.2) is 0 Å². The number of carboxylic acids is 1. The van der Waals surface area contributed by atoms with Crippen LogP contribution in [0.2, 0.25) is 0 Å². The maximum atomic E-state index is 10.6. The first-order valence-corrected chi connectivity index (χ1v) is 6.60. The number of anilines is 1. The monoisotopic (exact) mass is 273 g/mol. The molecule has 18 heavy (non-hydrogen) atoms. The molecule has 0 amide bonds. The van der Waals surface area contributed by atoms with Crippen LogP contribution in [0, 0.1) is 0 Å². The summed E-state index contributed by atoms with van der Waals surface area (Å²) < 4.78 is 1.79. The molecule has 1 aromatic rings. The number of nitrogens with zero attached hydrogens (tertiary/aromatic N) is 4. The predicted molar refractivity (Wildman–Crippen MR) is 70.7 cm³/mol. The highest BCUT2D eigenvalue weighted by molar-refractivity contribution is 7.99. The lowest BCUT2D eigenvalue weighted by atomic mass is 10.2. The number of carboxylic acid groups (broad SMARTS) is 1. The Morgan fingerprint density at radius 2 is 2.22 bits per heavy atom. The first kappa shape index (κ1) is 14.8. The molecule has 0 aliphatic heterocycles. The van der Waals surface area contributed by atoms with Crippen LogP contribution in [0.3, 0.4) is 0 Å². The van der Waals surface area contributed by atoms with E-state index in [0.717, 1.165) is 24.7 Å². The van der Waals surface area contributed by atoms with E-state index in [0.29, 0.717) is 11.1 Å². The van der Waals surface area contributed by atoms with Crippen molar-refractivity contribution in [2.75, 3.05) is 32.1 Å². The van der Waals surface area contributed by atoms with Gasteiger partial charge in [0.25, 0.3) is 0 Å². The van der Waals surface area contributed by atoms with E-state index in [-0.39, 0.29) is 11.8 Å². The standard InChI is InChI=1S/C10H19N5O2S/c1-7(4-5-14(2)3)15-9(11)12-13-10(15)18-6-8(16)17/h7H,4-6H2,1-3H3,(H2,11,12)(H,16,17). The van der Waals surface area contributed by atoms with E-state index >= 15 is 0 Å². The van der Waals surface area contributed by atoms with Crippen LogP contribution in [-0.4, -0.2) is 57.1 Å². The SMILES string of the molecule is CC(CCN(C)C)n1c(N)nnc1SCC(=O)O. The molecule has 0 aliphatic carbocycles. The number of aromatic nitrogens is 3. The molecular formula is C10H19N5O2S. The van der Waals surface area contributed by atoms with Crippen molar-refractivity contribution >= 4 is 23.7 Å². The molecule has 0 spiro atoms. The molecule has 102 valence electrons. The maximum Gasteiger partial charge on any atom is 0.313 e. The second-order valence-electron chi connectivity index (χ2n) is 4.33. The number of carbonyl (C=O) groups is 1. The lowest BCUT2D eigenvalue weighted by Gasteiger charge is -2.18. The van der Waals surface area contributed by atoms with Crippen molar-refractivity contribution in [2.45, 2.75) is 24.5 Å². The Labute approximate surface area is 110 Å². The molecule has 0 fully saturated rings. The van der Waals surface area contributed by atoms with Crippen LogP contribution in [0.25, 0.3) is 0 Å². The summed E-state index contributed by atoms with van der Waals surface area (Å²) in [5, 5.41) is 16.9. The zero-order chi connectivity index (χ0) is 13.7. The van der Waals surface area contributed by atoms with Gasteiger partial charge in [0, 0.05) is 6.04 Å². The van der Waals surface area contributed by atoms with Crippen LogP contribution in [-0.2, 0) is 4.79 Å². The third-order valence-electron chi connectivity index (χ3n) is 2.45. The summed E-state index contributed by atoms with van der Waals surface area (Å²) in [5.74, 6) is -0.596. The van der Waals surface area contributed by atoms with E-state index in [2.05, 4.69) is 15.1 Å². The number of aliphatic carboxylic acids is 1. The van der Waals surface area contributed by atoms with Crippen LogP contribution in [0.4, 0.5) is 5.95 Å².